The van der Waals surface area contributed by atoms with Crippen LogP contribution < -0.4 is 0 Å². The second-order valence-electron chi connectivity index (χ2n) is 4.33. The van der Waals surface area contributed by atoms with Gasteiger partial charge in [0.15, 0.2) is 0 Å². The van der Waals surface area contributed by atoms with Gasteiger partial charge in [-0.3, -0.25) is 4.90 Å². The fourth-order valence-electron chi connectivity index (χ4n) is 2.33. The molecule has 0 N–H and O–H groups in total. The maximum absolute atomic E-state index is 12.6. The Bertz CT molecular complexity index is 219. The van der Waals surface area contributed by atoms with Crippen LogP contribution in [0.4, 0.5) is 8.78 Å². The first kappa shape index (κ1) is 9.96. The molecule has 1 heterocycles. The molecule has 14 heavy (non-hydrogen) atoms. The van der Waals surface area contributed by atoms with Crippen LogP contribution >= 0.6 is 0 Å². The van der Waals surface area contributed by atoms with Crippen molar-refractivity contribution in [2.75, 3.05) is 13.1 Å². The standard InChI is InChI=1S/C9H14F2N2O/c10-9(11)5-13(6-9)8-3-1-7(12-14)2-4-8/h7-8H,1-6H2. The predicted molar refractivity (Wildman–Crippen MR) is 48.4 cm³/mol. The Balaban J connectivity index is 1.77. The third-order valence-electron chi connectivity index (χ3n) is 3.20. The van der Waals surface area contributed by atoms with Crippen LogP contribution in [-0.2, 0) is 0 Å². The lowest BCUT2D eigenvalue weighted by Gasteiger charge is -2.45. The molecular formula is C9H14F2N2O. The number of halogens is 2. The molecule has 1 aliphatic carbocycles. The number of nitrogens with zero attached hydrogens (tertiary/aromatic N) is 2. The molecule has 5 heteroatoms. The van der Waals surface area contributed by atoms with Crippen molar-refractivity contribution in [3.05, 3.63) is 4.91 Å². The smallest absolute Gasteiger partial charge is 0.272 e. The van der Waals surface area contributed by atoms with Gasteiger partial charge in [0.05, 0.1) is 19.1 Å². The second-order valence-corrected chi connectivity index (χ2v) is 4.33. The van der Waals surface area contributed by atoms with E-state index in [1.54, 1.807) is 0 Å². The highest BCUT2D eigenvalue weighted by molar-refractivity contribution is 4.93. The average Bonchev–Trinajstić information content (AvgIpc) is 2.14. The van der Waals surface area contributed by atoms with E-state index in [0.717, 1.165) is 25.7 Å². The van der Waals surface area contributed by atoms with Crippen LogP contribution in [0.1, 0.15) is 25.7 Å². The highest BCUT2D eigenvalue weighted by atomic mass is 19.3. The van der Waals surface area contributed by atoms with Gasteiger partial charge in [-0.1, -0.05) is 5.18 Å². The number of rotatable bonds is 2. The molecule has 0 spiro atoms. The summed E-state index contributed by atoms with van der Waals surface area (Å²) < 4.78 is 25.2. The molecule has 1 saturated heterocycles. The van der Waals surface area contributed by atoms with Crippen LogP contribution in [0.15, 0.2) is 5.18 Å². The fourth-order valence-corrected chi connectivity index (χ4v) is 2.33. The van der Waals surface area contributed by atoms with Crippen molar-refractivity contribution in [3.63, 3.8) is 0 Å². The van der Waals surface area contributed by atoms with E-state index in [0.29, 0.717) is 0 Å². The minimum atomic E-state index is -2.47. The number of hydrogen-bond acceptors (Lipinski definition) is 3. The first-order chi connectivity index (χ1) is 6.61. The maximum Gasteiger partial charge on any atom is 0.272 e. The van der Waals surface area contributed by atoms with Crippen molar-refractivity contribution in [2.24, 2.45) is 5.18 Å². The molecule has 1 aliphatic heterocycles. The second kappa shape index (κ2) is 3.53. The van der Waals surface area contributed by atoms with Crippen molar-refractivity contribution < 1.29 is 8.78 Å². The quantitative estimate of drug-likeness (QED) is 0.644. The SMILES string of the molecule is O=NC1CCC(N2CC(F)(F)C2)CC1. The van der Waals surface area contributed by atoms with Crippen molar-refractivity contribution in [1.82, 2.24) is 4.90 Å². The van der Waals surface area contributed by atoms with Crippen LogP contribution in [-0.4, -0.2) is 36.0 Å². The van der Waals surface area contributed by atoms with Gasteiger partial charge < -0.3 is 0 Å². The highest BCUT2D eigenvalue weighted by Crippen LogP contribution is 2.34. The first-order valence-electron chi connectivity index (χ1n) is 5.05. The predicted octanol–water partition coefficient (Wildman–Crippen LogP) is 2.01. The zero-order valence-electron chi connectivity index (χ0n) is 7.96. The summed E-state index contributed by atoms with van der Waals surface area (Å²) in [5, 5.41) is 3.00. The highest BCUT2D eigenvalue weighted by Gasteiger charge is 2.46. The van der Waals surface area contributed by atoms with E-state index >= 15 is 0 Å². The van der Waals surface area contributed by atoms with Crippen LogP contribution in [0.3, 0.4) is 0 Å². The molecule has 0 aromatic rings. The molecule has 80 valence electrons. The van der Waals surface area contributed by atoms with Crippen molar-refractivity contribution >= 4 is 0 Å². The number of alkyl halides is 2. The molecule has 2 rings (SSSR count). The van der Waals surface area contributed by atoms with Gasteiger partial charge in [0.1, 0.15) is 0 Å². The van der Waals surface area contributed by atoms with Crippen LogP contribution in [0.25, 0.3) is 0 Å². The van der Waals surface area contributed by atoms with E-state index in [-0.39, 0.29) is 25.2 Å². The number of nitroso groups, excluding NO2 is 1. The van der Waals surface area contributed by atoms with Gasteiger partial charge in [-0.25, -0.2) is 8.78 Å². The Hall–Kier alpha value is -0.580. The summed E-state index contributed by atoms with van der Waals surface area (Å²) in [4.78, 5) is 12.1. The van der Waals surface area contributed by atoms with E-state index in [2.05, 4.69) is 5.18 Å². The molecule has 1 saturated carbocycles. The van der Waals surface area contributed by atoms with E-state index in [1.165, 1.54) is 0 Å². The molecule has 0 atom stereocenters. The molecule has 0 radical (unpaired) electrons. The summed E-state index contributed by atoms with van der Waals surface area (Å²) >= 11 is 0. The lowest BCUT2D eigenvalue weighted by Crippen LogP contribution is -2.60. The molecule has 2 fully saturated rings. The third kappa shape index (κ3) is 1.92. The summed E-state index contributed by atoms with van der Waals surface area (Å²) in [7, 11) is 0. The summed E-state index contributed by atoms with van der Waals surface area (Å²) in [5.41, 5.74) is 0. The number of likely N-dealkylation sites (tertiary alicyclic amines) is 1. The van der Waals surface area contributed by atoms with Gasteiger partial charge in [-0.2, -0.15) is 4.91 Å². The Morgan fingerprint density at radius 3 is 2.14 bits per heavy atom. The molecular weight excluding hydrogens is 190 g/mol. The van der Waals surface area contributed by atoms with E-state index in [1.807, 2.05) is 4.90 Å². The average molecular weight is 204 g/mol. The largest absolute Gasteiger partial charge is 0.288 e. The molecule has 2 aliphatic rings. The van der Waals surface area contributed by atoms with Crippen molar-refractivity contribution in [2.45, 2.75) is 43.7 Å². The van der Waals surface area contributed by atoms with E-state index < -0.39 is 5.92 Å². The van der Waals surface area contributed by atoms with Gasteiger partial charge in [0.25, 0.3) is 5.92 Å². The zero-order chi connectivity index (χ0) is 10.2. The molecule has 0 aromatic heterocycles. The third-order valence-corrected chi connectivity index (χ3v) is 3.20. The molecule has 0 bridgehead atoms. The Kier molecular flexibility index (Phi) is 2.51. The van der Waals surface area contributed by atoms with Crippen LogP contribution in [0.2, 0.25) is 0 Å². The van der Waals surface area contributed by atoms with Crippen molar-refractivity contribution in [1.29, 1.82) is 0 Å². The maximum atomic E-state index is 12.6. The molecule has 0 aromatic carbocycles. The zero-order valence-corrected chi connectivity index (χ0v) is 7.96. The lowest BCUT2D eigenvalue weighted by molar-refractivity contribution is -0.149. The normalized spacial score (nSPS) is 37.6. The monoisotopic (exact) mass is 204 g/mol. The van der Waals surface area contributed by atoms with Gasteiger partial charge in [-0.15, -0.1) is 0 Å². The topological polar surface area (TPSA) is 32.7 Å². The molecule has 0 unspecified atom stereocenters. The lowest BCUT2D eigenvalue weighted by atomic mass is 9.89. The molecule has 0 amide bonds. The number of hydrogen-bond donors (Lipinski definition) is 0. The Labute approximate surface area is 81.4 Å². The summed E-state index contributed by atoms with van der Waals surface area (Å²) in [5.74, 6) is -2.47. The minimum absolute atomic E-state index is 0.0759. The van der Waals surface area contributed by atoms with Crippen LogP contribution in [0.5, 0.6) is 0 Å². The van der Waals surface area contributed by atoms with Gasteiger partial charge >= 0.3 is 0 Å². The fraction of sp³-hybridized carbons (Fsp3) is 1.00. The van der Waals surface area contributed by atoms with Gasteiger partial charge in [0.2, 0.25) is 0 Å². The van der Waals surface area contributed by atoms with E-state index in [4.69, 9.17) is 0 Å². The summed E-state index contributed by atoms with van der Waals surface area (Å²) in [6.45, 7) is -0.201. The summed E-state index contributed by atoms with van der Waals surface area (Å²) in [6.07, 6.45) is 3.20. The van der Waals surface area contributed by atoms with Gasteiger partial charge in [-0.05, 0) is 25.7 Å². The Morgan fingerprint density at radius 2 is 1.71 bits per heavy atom. The minimum Gasteiger partial charge on any atom is -0.288 e. The van der Waals surface area contributed by atoms with Gasteiger partial charge in [0, 0.05) is 6.04 Å². The molecule has 3 nitrogen and oxygen atoms in total. The van der Waals surface area contributed by atoms with Crippen LogP contribution in [0, 0.1) is 4.91 Å². The van der Waals surface area contributed by atoms with E-state index in [9.17, 15) is 13.7 Å². The van der Waals surface area contributed by atoms with Crippen molar-refractivity contribution in [3.8, 4) is 0 Å². The first-order valence-corrected chi connectivity index (χ1v) is 5.05. The Morgan fingerprint density at radius 1 is 1.14 bits per heavy atom. The summed E-state index contributed by atoms with van der Waals surface area (Å²) in [6, 6.07) is 0.181.